The molecule has 1 aromatic carbocycles. The number of nitrogens with one attached hydrogen (secondary N) is 1. The van der Waals surface area contributed by atoms with Gasteiger partial charge in [-0.25, -0.2) is 4.39 Å². The first-order valence-electron chi connectivity index (χ1n) is 6.17. The van der Waals surface area contributed by atoms with Crippen LogP contribution in [0.2, 0.25) is 0 Å². The van der Waals surface area contributed by atoms with E-state index in [9.17, 15) is 14.0 Å². The first kappa shape index (κ1) is 14.0. The number of amides is 1. The van der Waals surface area contributed by atoms with Crippen LogP contribution in [0.4, 0.5) is 10.1 Å². The van der Waals surface area contributed by atoms with Crippen molar-refractivity contribution in [3.63, 3.8) is 0 Å². The molecule has 6 heteroatoms. The van der Waals surface area contributed by atoms with Gasteiger partial charge >= 0.3 is 0 Å². The van der Waals surface area contributed by atoms with E-state index in [-0.39, 0.29) is 17.5 Å². The molecule has 3 rings (SSSR count). The fraction of sp³-hybridized carbons (Fsp3) is 0.0667. The summed E-state index contributed by atoms with van der Waals surface area (Å²) in [7, 11) is 0. The molecule has 2 aromatic rings. The average molecular weight is 396 g/mol. The molecule has 0 saturated carbocycles. The number of anilines is 1. The summed E-state index contributed by atoms with van der Waals surface area (Å²) in [5.74, 6) is -0.704. The third-order valence-electron chi connectivity index (χ3n) is 3.26. The lowest BCUT2D eigenvalue weighted by atomic mass is 10.1. The van der Waals surface area contributed by atoms with Gasteiger partial charge in [-0.05, 0) is 47.7 Å². The third kappa shape index (κ3) is 2.39. The van der Waals surface area contributed by atoms with Gasteiger partial charge in [0.25, 0.3) is 5.91 Å². The quantitative estimate of drug-likeness (QED) is 0.481. The molecule has 1 aliphatic rings. The molecular formula is C15H10FIN2O2. The minimum atomic E-state index is -0.367. The summed E-state index contributed by atoms with van der Waals surface area (Å²) in [5.41, 5.74) is 2.08. The van der Waals surface area contributed by atoms with Crippen LogP contribution in [0, 0.1) is 9.39 Å². The Morgan fingerprint density at radius 1 is 1.38 bits per heavy atom. The van der Waals surface area contributed by atoms with Crippen LogP contribution in [-0.4, -0.2) is 16.3 Å². The van der Waals surface area contributed by atoms with Gasteiger partial charge in [0.2, 0.25) is 0 Å². The van der Waals surface area contributed by atoms with Crippen molar-refractivity contribution in [2.24, 2.45) is 0 Å². The predicted octanol–water partition coefficient (Wildman–Crippen LogP) is 3.38. The summed E-state index contributed by atoms with van der Waals surface area (Å²) in [5, 5.41) is 2.71. The molecule has 0 unspecified atom stereocenters. The molecule has 2 heterocycles. The van der Waals surface area contributed by atoms with Crippen molar-refractivity contribution in [2.75, 3.05) is 5.32 Å². The minimum absolute atomic E-state index is 0.0518. The van der Waals surface area contributed by atoms with Gasteiger partial charge in [0.15, 0.2) is 5.78 Å². The second-order valence-electron chi connectivity index (χ2n) is 4.68. The topological polar surface area (TPSA) is 51.1 Å². The van der Waals surface area contributed by atoms with Gasteiger partial charge in [-0.3, -0.25) is 9.59 Å². The summed E-state index contributed by atoms with van der Waals surface area (Å²) in [6.45, 7) is 1.47. The smallest absolute Gasteiger partial charge is 0.257 e. The van der Waals surface area contributed by atoms with E-state index in [1.54, 1.807) is 35.3 Å². The van der Waals surface area contributed by atoms with Gasteiger partial charge in [0.05, 0.1) is 14.8 Å². The number of ketones is 1. The molecule has 0 atom stereocenters. The highest BCUT2D eigenvalue weighted by molar-refractivity contribution is 14.1. The SMILES string of the molecule is CC(=O)c1ccn(C=C2C(=O)Nc3ccc(F)c(I)c32)c1. The maximum atomic E-state index is 13.7. The van der Waals surface area contributed by atoms with Crippen molar-refractivity contribution in [3.8, 4) is 0 Å². The van der Waals surface area contributed by atoms with E-state index in [2.05, 4.69) is 5.32 Å². The number of fused-ring (bicyclic) bond motifs is 1. The molecule has 1 aromatic heterocycles. The largest absolute Gasteiger partial charge is 0.329 e. The zero-order chi connectivity index (χ0) is 15.1. The van der Waals surface area contributed by atoms with Crippen LogP contribution in [0.25, 0.3) is 11.8 Å². The Balaban J connectivity index is 2.11. The summed E-state index contributed by atoms with van der Waals surface area (Å²) in [6.07, 6.45) is 4.91. The number of rotatable bonds is 2. The highest BCUT2D eigenvalue weighted by Crippen LogP contribution is 2.36. The molecule has 1 amide bonds. The molecule has 0 fully saturated rings. The molecule has 21 heavy (non-hydrogen) atoms. The maximum absolute atomic E-state index is 13.7. The van der Waals surface area contributed by atoms with Crippen molar-refractivity contribution in [1.29, 1.82) is 0 Å². The van der Waals surface area contributed by atoms with Gasteiger partial charge in [-0.1, -0.05) is 0 Å². The minimum Gasteiger partial charge on any atom is -0.329 e. The molecule has 106 valence electrons. The lowest BCUT2D eigenvalue weighted by molar-refractivity contribution is -0.110. The maximum Gasteiger partial charge on any atom is 0.257 e. The average Bonchev–Trinajstić information content (AvgIpc) is 3.01. The first-order chi connectivity index (χ1) is 9.97. The highest BCUT2D eigenvalue weighted by atomic mass is 127. The van der Waals surface area contributed by atoms with E-state index in [1.165, 1.54) is 13.0 Å². The number of benzene rings is 1. The molecule has 0 aliphatic carbocycles. The molecule has 0 bridgehead atoms. The van der Waals surface area contributed by atoms with E-state index in [0.717, 1.165) is 0 Å². The van der Waals surface area contributed by atoms with Crippen LogP contribution in [0.1, 0.15) is 22.8 Å². The van der Waals surface area contributed by atoms with Gasteiger partial charge in [0.1, 0.15) is 5.82 Å². The second kappa shape index (κ2) is 5.10. The zero-order valence-corrected chi connectivity index (χ0v) is 13.1. The van der Waals surface area contributed by atoms with Gasteiger partial charge in [-0.15, -0.1) is 0 Å². The van der Waals surface area contributed by atoms with E-state index in [1.807, 2.05) is 22.6 Å². The summed E-state index contributed by atoms with van der Waals surface area (Å²) < 4.78 is 15.7. The van der Waals surface area contributed by atoms with E-state index in [4.69, 9.17) is 0 Å². The molecule has 1 aliphatic heterocycles. The van der Waals surface area contributed by atoms with Crippen LogP contribution in [0.5, 0.6) is 0 Å². The van der Waals surface area contributed by atoms with Gasteiger partial charge in [0, 0.05) is 29.7 Å². The van der Waals surface area contributed by atoms with Crippen molar-refractivity contribution >= 4 is 51.7 Å². The standard InChI is InChI=1S/C15H10FIN2O2/c1-8(20)9-4-5-19(6-9)7-10-13-12(18-15(10)21)3-2-11(16)14(13)17/h2-7H,1H3,(H,18,21). The number of carbonyl (C=O) groups is 2. The van der Waals surface area contributed by atoms with Crippen LogP contribution in [0.15, 0.2) is 30.6 Å². The summed E-state index contributed by atoms with van der Waals surface area (Å²) in [4.78, 5) is 23.3. The van der Waals surface area contributed by atoms with Crippen molar-refractivity contribution in [3.05, 3.63) is 51.1 Å². The molecule has 4 nitrogen and oxygen atoms in total. The Morgan fingerprint density at radius 3 is 2.81 bits per heavy atom. The normalized spacial score (nSPS) is 15.2. The summed E-state index contributed by atoms with van der Waals surface area (Å²) >= 11 is 1.88. The number of Topliss-reactive ketones (excluding diaryl/α,β-unsaturated/α-hetero) is 1. The monoisotopic (exact) mass is 396 g/mol. The van der Waals surface area contributed by atoms with E-state index >= 15 is 0 Å². The Bertz CT molecular complexity index is 808. The number of aromatic nitrogens is 1. The zero-order valence-electron chi connectivity index (χ0n) is 11.0. The number of hydrogen-bond acceptors (Lipinski definition) is 2. The Morgan fingerprint density at radius 2 is 2.14 bits per heavy atom. The van der Waals surface area contributed by atoms with Crippen molar-refractivity contribution < 1.29 is 14.0 Å². The van der Waals surface area contributed by atoms with Crippen molar-refractivity contribution in [1.82, 2.24) is 4.57 Å². The fourth-order valence-electron chi connectivity index (χ4n) is 2.20. The fourth-order valence-corrected chi connectivity index (χ4v) is 2.96. The Hall–Kier alpha value is -1.96. The number of hydrogen-bond donors (Lipinski definition) is 1. The molecule has 1 N–H and O–H groups in total. The number of halogens is 2. The van der Waals surface area contributed by atoms with Crippen LogP contribution in [-0.2, 0) is 4.79 Å². The third-order valence-corrected chi connectivity index (χ3v) is 4.31. The van der Waals surface area contributed by atoms with Crippen LogP contribution < -0.4 is 5.32 Å². The lowest BCUT2D eigenvalue weighted by Gasteiger charge is -2.03. The molecular weight excluding hydrogens is 386 g/mol. The van der Waals surface area contributed by atoms with Gasteiger partial charge in [-0.2, -0.15) is 0 Å². The number of nitrogens with zero attached hydrogens (tertiary/aromatic N) is 1. The molecule has 0 radical (unpaired) electrons. The second-order valence-corrected chi connectivity index (χ2v) is 5.76. The summed E-state index contributed by atoms with van der Waals surface area (Å²) in [6, 6.07) is 4.54. The van der Waals surface area contributed by atoms with Crippen molar-refractivity contribution in [2.45, 2.75) is 6.92 Å². The predicted molar refractivity (Wildman–Crippen MR) is 86.4 cm³/mol. The molecule has 0 saturated heterocycles. The highest BCUT2D eigenvalue weighted by Gasteiger charge is 2.28. The first-order valence-corrected chi connectivity index (χ1v) is 7.25. The van der Waals surface area contributed by atoms with E-state index < -0.39 is 0 Å². The Labute approximate surface area is 133 Å². The van der Waals surface area contributed by atoms with Crippen LogP contribution >= 0.6 is 22.6 Å². The van der Waals surface area contributed by atoms with Crippen LogP contribution in [0.3, 0.4) is 0 Å². The number of carbonyl (C=O) groups excluding carboxylic acids is 2. The van der Waals surface area contributed by atoms with E-state index in [0.29, 0.717) is 26.0 Å². The lowest BCUT2D eigenvalue weighted by Crippen LogP contribution is -2.04. The molecule has 0 spiro atoms. The Kier molecular flexibility index (Phi) is 3.40. The van der Waals surface area contributed by atoms with Gasteiger partial charge < -0.3 is 9.88 Å².